The summed E-state index contributed by atoms with van der Waals surface area (Å²) in [5, 5.41) is 11.0. The molecule has 26 heavy (non-hydrogen) atoms. The van der Waals surface area contributed by atoms with E-state index in [0.29, 0.717) is 0 Å². The third-order valence-corrected chi connectivity index (χ3v) is 6.01. The summed E-state index contributed by atoms with van der Waals surface area (Å²) in [6, 6.07) is 8.98. The zero-order chi connectivity index (χ0) is 18.5. The highest BCUT2D eigenvalue weighted by atomic mass is 32.1. The maximum absolute atomic E-state index is 4.40. The van der Waals surface area contributed by atoms with E-state index in [0.717, 1.165) is 11.4 Å². The second-order valence-corrected chi connectivity index (χ2v) is 8.44. The molecule has 144 valence electrons. The smallest absolute Gasteiger partial charge is 0.143 e. The molecule has 0 atom stereocenters. The van der Waals surface area contributed by atoms with Gasteiger partial charge in [-0.1, -0.05) is 107 Å². The van der Waals surface area contributed by atoms with Gasteiger partial charge >= 0.3 is 0 Å². The Morgan fingerprint density at radius 2 is 1.23 bits per heavy atom. The van der Waals surface area contributed by atoms with Crippen LogP contribution in [0.25, 0.3) is 10.6 Å². The standard InChI is InChI=1S/C23H36N2S/c1-3-5-7-9-11-12-14-20-16-18-21(19-17-20)23-25-24-22(26-23)15-13-10-8-6-4-2/h16-19H,3-15H2,1-2H3. The molecule has 0 fully saturated rings. The number of nitrogens with zero attached hydrogens (tertiary/aromatic N) is 2. The lowest BCUT2D eigenvalue weighted by Gasteiger charge is -2.03. The first-order chi connectivity index (χ1) is 12.8. The molecule has 0 unspecified atom stereocenters. The second kappa shape index (κ2) is 13.0. The van der Waals surface area contributed by atoms with E-state index >= 15 is 0 Å². The Morgan fingerprint density at radius 3 is 1.88 bits per heavy atom. The Bertz CT molecular complexity index is 589. The van der Waals surface area contributed by atoms with Gasteiger partial charge in [-0.25, -0.2) is 0 Å². The van der Waals surface area contributed by atoms with Gasteiger partial charge < -0.3 is 0 Å². The van der Waals surface area contributed by atoms with Gasteiger partial charge in [-0.05, 0) is 24.8 Å². The minimum atomic E-state index is 1.07. The van der Waals surface area contributed by atoms with Gasteiger partial charge in [0.2, 0.25) is 0 Å². The first-order valence-electron chi connectivity index (χ1n) is 10.7. The quantitative estimate of drug-likeness (QED) is 0.319. The fourth-order valence-electron chi connectivity index (χ4n) is 3.27. The minimum absolute atomic E-state index is 1.07. The Hall–Kier alpha value is -1.22. The number of rotatable bonds is 14. The molecule has 0 amide bonds. The molecule has 2 nitrogen and oxygen atoms in total. The van der Waals surface area contributed by atoms with Crippen molar-refractivity contribution in [2.24, 2.45) is 0 Å². The van der Waals surface area contributed by atoms with E-state index in [4.69, 9.17) is 0 Å². The fraction of sp³-hybridized carbons (Fsp3) is 0.652. The molecule has 0 spiro atoms. The molecule has 2 rings (SSSR count). The summed E-state index contributed by atoms with van der Waals surface area (Å²) in [4.78, 5) is 0. The first-order valence-corrected chi connectivity index (χ1v) is 11.6. The largest absolute Gasteiger partial charge is 0.147 e. The molecule has 1 aromatic carbocycles. The second-order valence-electron chi connectivity index (χ2n) is 7.38. The Labute approximate surface area is 164 Å². The van der Waals surface area contributed by atoms with Gasteiger partial charge in [0.1, 0.15) is 10.0 Å². The number of aryl methyl sites for hydroxylation is 2. The van der Waals surface area contributed by atoms with Crippen molar-refractivity contribution in [3.05, 3.63) is 34.8 Å². The molecule has 0 saturated carbocycles. The Kier molecular flexibility index (Phi) is 10.6. The Morgan fingerprint density at radius 1 is 0.654 bits per heavy atom. The summed E-state index contributed by atoms with van der Waals surface area (Å²) < 4.78 is 0. The van der Waals surface area contributed by atoms with Crippen LogP contribution in [-0.4, -0.2) is 10.2 Å². The van der Waals surface area contributed by atoms with Gasteiger partial charge in [0.25, 0.3) is 0 Å². The maximum Gasteiger partial charge on any atom is 0.147 e. The first kappa shape index (κ1) is 21.1. The average Bonchev–Trinajstić information content (AvgIpc) is 3.14. The molecular formula is C23H36N2S. The molecule has 0 aliphatic rings. The van der Waals surface area contributed by atoms with Crippen LogP contribution in [0.4, 0.5) is 0 Å². The summed E-state index contributed by atoms with van der Waals surface area (Å²) in [5.41, 5.74) is 2.66. The molecule has 2 aromatic rings. The predicted octanol–water partition coefficient (Wildman–Crippen LogP) is 7.62. The summed E-state index contributed by atoms with van der Waals surface area (Å²) in [5.74, 6) is 0. The van der Waals surface area contributed by atoms with Crippen LogP contribution in [0, 0.1) is 0 Å². The van der Waals surface area contributed by atoms with Crippen molar-refractivity contribution in [2.45, 2.75) is 97.3 Å². The normalized spacial score (nSPS) is 11.2. The van der Waals surface area contributed by atoms with E-state index in [1.807, 2.05) is 0 Å². The average molecular weight is 373 g/mol. The predicted molar refractivity (Wildman–Crippen MR) is 115 cm³/mol. The lowest BCUT2D eigenvalue weighted by atomic mass is 10.0. The van der Waals surface area contributed by atoms with Crippen LogP contribution in [0.1, 0.15) is 95.0 Å². The van der Waals surface area contributed by atoms with Crippen molar-refractivity contribution in [1.29, 1.82) is 0 Å². The molecule has 0 bridgehead atoms. The SMILES string of the molecule is CCCCCCCCc1ccc(-c2nnc(CCCCCCC)s2)cc1. The monoisotopic (exact) mass is 372 g/mol. The molecule has 0 radical (unpaired) electrons. The lowest BCUT2D eigenvalue weighted by molar-refractivity contribution is 0.607. The summed E-state index contributed by atoms with van der Waals surface area (Å²) in [6.07, 6.45) is 17.0. The summed E-state index contributed by atoms with van der Waals surface area (Å²) >= 11 is 1.76. The van der Waals surface area contributed by atoms with Crippen LogP contribution in [-0.2, 0) is 12.8 Å². The van der Waals surface area contributed by atoms with Gasteiger partial charge in [0.05, 0.1) is 0 Å². The number of aromatic nitrogens is 2. The van der Waals surface area contributed by atoms with Crippen molar-refractivity contribution in [2.75, 3.05) is 0 Å². The molecule has 0 saturated heterocycles. The van der Waals surface area contributed by atoms with Crippen LogP contribution in [0.2, 0.25) is 0 Å². The van der Waals surface area contributed by atoms with E-state index in [1.165, 1.54) is 93.2 Å². The van der Waals surface area contributed by atoms with Crippen molar-refractivity contribution in [3.8, 4) is 10.6 Å². The van der Waals surface area contributed by atoms with Crippen LogP contribution >= 0.6 is 11.3 Å². The molecule has 3 heteroatoms. The van der Waals surface area contributed by atoms with Crippen LogP contribution < -0.4 is 0 Å². The summed E-state index contributed by atoms with van der Waals surface area (Å²) in [7, 11) is 0. The maximum atomic E-state index is 4.40. The fourth-order valence-corrected chi connectivity index (χ4v) is 4.16. The number of benzene rings is 1. The Balaban J connectivity index is 1.72. The molecular weight excluding hydrogens is 336 g/mol. The van der Waals surface area contributed by atoms with Gasteiger partial charge in [0.15, 0.2) is 0 Å². The molecule has 1 heterocycles. The van der Waals surface area contributed by atoms with Gasteiger partial charge in [-0.15, -0.1) is 10.2 Å². The van der Waals surface area contributed by atoms with Crippen LogP contribution in [0.3, 0.4) is 0 Å². The highest BCUT2D eigenvalue weighted by molar-refractivity contribution is 7.14. The number of unbranched alkanes of at least 4 members (excludes halogenated alkanes) is 9. The van der Waals surface area contributed by atoms with Crippen LogP contribution in [0.5, 0.6) is 0 Å². The minimum Gasteiger partial charge on any atom is -0.143 e. The molecule has 1 aromatic heterocycles. The number of hydrogen-bond donors (Lipinski definition) is 0. The van der Waals surface area contributed by atoms with Crippen molar-refractivity contribution < 1.29 is 0 Å². The third-order valence-electron chi connectivity index (χ3n) is 4.98. The van der Waals surface area contributed by atoms with E-state index in [1.54, 1.807) is 11.3 Å². The van der Waals surface area contributed by atoms with Gasteiger partial charge in [-0.2, -0.15) is 0 Å². The lowest BCUT2D eigenvalue weighted by Crippen LogP contribution is -1.87. The third kappa shape index (κ3) is 7.99. The molecule has 0 aliphatic carbocycles. The van der Waals surface area contributed by atoms with Crippen molar-refractivity contribution >= 4 is 11.3 Å². The highest BCUT2D eigenvalue weighted by Crippen LogP contribution is 2.25. The van der Waals surface area contributed by atoms with E-state index in [-0.39, 0.29) is 0 Å². The zero-order valence-corrected chi connectivity index (χ0v) is 17.6. The topological polar surface area (TPSA) is 25.8 Å². The van der Waals surface area contributed by atoms with Crippen molar-refractivity contribution in [1.82, 2.24) is 10.2 Å². The molecule has 0 N–H and O–H groups in total. The number of hydrogen-bond acceptors (Lipinski definition) is 3. The van der Waals surface area contributed by atoms with Gasteiger partial charge in [0, 0.05) is 12.0 Å². The summed E-state index contributed by atoms with van der Waals surface area (Å²) in [6.45, 7) is 4.53. The van der Waals surface area contributed by atoms with Crippen LogP contribution in [0.15, 0.2) is 24.3 Å². The van der Waals surface area contributed by atoms with E-state index < -0.39 is 0 Å². The molecule has 0 aliphatic heterocycles. The van der Waals surface area contributed by atoms with Gasteiger partial charge in [-0.3, -0.25) is 0 Å². The van der Waals surface area contributed by atoms with Crippen molar-refractivity contribution in [3.63, 3.8) is 0 Å². The highest BCUT2D eigenvalue weighted by Gasteiger charge is 2.07. The van der Waals surface area contributed by atoms with E-state index in [9.17, 15) is 0 Å². The van der Waals surface area contributed by atoms with E-state index in [2.05, 4.69) is 48.3 Å². The zero-order valence-electron chi connectivity index (χ0n) is 16.8.